The van der Waals surface area contributed by atoms with Gasteiger partial charge in [-0.15, -0.1) is 0 Å². The first-order chi connectivity index (χ1) is 18.6. The summed E-state index contributed by atoms with van der Waals surface area (Å²) in [5.41, 5.74) is 1.63. The number of aryl methyl sites for hydroxylation is 1. The fourth-order valence-electron chi connectivity index (χ4n) is 4.13. The highest BCUT2D eigenvalue weighted by molar-refractivity contribution is 7.95. The van der Waals surface area contributed by atoms with Crippen LogP contribution in [0.4, 0.5) is 11.4 Å². The number of nitro groups is 1. The molecule has 11 nitrogen and oxygen atoms in total. The van der Waals surface area contributed by atoms with Crippen molar-refractivity contribution >= 4 is 23.5 Å². The number of nitrogens with zero attached hydrogens (tertiary/aromatic N) is 5. The van der Waals surface area contributed by atoms with Crippen LogP contribution in [0.25, 0.3) is 5.69 Å². The summed E-state index contributed by atoms with van der Waals surface area (Å²) in [7, 11) is 0. The maximum atomic E-state index is 13.4. The summed E-state index contributed by atoms with van der Waals surface area (Å²) in [6.45, 7) is 8.58. The van der Waals surface area contributed by atoms with Gasteiger partial charge >= 0.3 is 5.56 Å². The Hall–Kier alpha value is -3.45. The standard InChI is InChI=1S/C27H34N6O5S/c1-20-9-10-21(17-23(20)33(36)37)18-29-39-31-14-12-30(13-15-31)24-19-28-32(22-7-5-4-6-8-22)26(34)25(24)38-16-11-27(2,3)35/h4-10,17,19,29,35H,11-16,18H2,1-3H3. The maximum absolute atomic E-state index is 13.4. The average Bonchev–Trinajstić information content (AvgIpc) is 2.90. The number of nitrogens with one attached hydrogen (secondary N) is 1. The number of benzene rings is 2. The molecular weight excluding hydrogens is 520 g/mol. The molecule has 1 saturated heterocycles. The molecule has 39 heavy (non-hydrogen) atoms. The van der Waals surface area contributed by atoms with Crippen molar-refractivity contribution in [3.63, 3.8) is 0 Å². The SMILES string of the molecule is Cc1ccc(CNSN2CCN(c3cnn(-c4ccccc4)c(=O)c3OCCC(C)(C)O)CC2)cc1[N+](=O)[O-]. The second-order valence-electron chi connectivity index (χ2n) is 10.0. The van der Waals surface area contributed by atoms with E-state index in [0.717, 1.165) is 18.7 Å². The van der Waals surface area contributed by atoms with E-state index >= 15 is 0 Å². The normalized spacial score (nSPS) is 14.4. The Morgan fingerprint density at radius 2 is 1.87 bits per heavy atom. The Labute approximate surface area is 231 Å². The molecule has 1 fully saturated rings. The van der Waals surface area contributed by atoms with Crippen molar-refractivity contribution in [3.8, 4) is 11.4 Å². The van der Waals surface area contributed by atoms with Crippen molar-refractivity contribution in [2.45, 2.75) is 39.3 Å². The fourth-order valence-corrected chi connectivity index (χ4v) is 4.89. The second kappa shape index (κ2) is 12.6. The lowest BCUT2D eigenvalue weighted by Gasteiger charge is -2.35. The van der Waals surface area contributed by atoms with Crippen molar-refractivity contribution in [1.29, 1.82) is 0 Å². The predicted molar refractivity (Wildman–Crippen MR) is 152 cm³/mol. The molecule has 0 radical (unpaired) electrons. The Bertz CT molecular complexity index is 1340. The van der Waals surface area contributed by atoms with E-state index in [0.29, 0.717) is 43.0 Å². The summed E-state index contributed by atoms with van der Waals surface area (Å²) in [5, 5.41) is 25.7. The number of ether oxygens (including phenoxy) is 1. The zero-order chi connectivity index (χ0) is 28.0. The van der Waals surface area contributed by atoms with E-state index in [1.807, 2.05) is 36.4 Å². The summed E-state index contributed by atoms with van der Waals surface area (Å²) >= 11 is 1.48. The van der Waals surface area contributed by atoms with Gasteiger partial charge in [-0.05, 0) is 38.5 Å². The van der Waals surface area contributed by atoms with Gasteiger partial charge < -0.3 is 14.7 Å². The van der Waals surface area contributed by atoms with E-state index in [1.54, 1.807) is 39.1 Å². The van der Waals surface area contributed by atoms with Crippen LogP contribution in [0.5, 0.6) is 5.75 Å². The average molecular weight is 555 g/mol. The summed E-state index contributed by atoms with van der Waals surface area (Å²) in [5.74, 6) is 0.221. The van der Waals surface area contributed by atoms with E-state index in [1.165, 1.54) is 16.8 Å². The third kappa shape index (κ3) is 7.57. The molecule has 0 amide bonds. The number of aromatic nitrogens is 2. The minimum Gasteiger partial charge on any atom is -0.486 e. The third-order valence-electron chi connectivity index (χ3n) is 6.40. The lowest BCUT2D eigenvalue weighted by molar-refractivity contribution is -0.385. The van der Waals surface area contributed by atoms with Gasteiger partial charge in [-0.1, -0.05) is 30.3 Å². The van der Waals surface area contributed by atoms with Gasteiger partial charge in [0.25, 0.3) is 5.69 Å². The lowest BCUT2D eigenvalue weighted by Crippen LogP contribution is -2.45. The van der Waals surface area contributed by atoms with Gasteiger partial charge in [-0.25, -0.2) is 9.03 Å². The van der Waals surface area contributed by atoms with Crippen LogP contribution in [-0.2, 0) is 6.54 Å². The second-order valence-corrected chi connectivity index (χ2v) is 11.0. The Morgan fingerprint density at radius 1 is 1.15 bits per heavy atom. The van der Waals surface area contributed by atoms with E-state index in [-0.39, 0.29) is 28.5 Å². The smallest absolute Gasteiger partial charge is 0.316 e. The molecule has 3 aromatic rings. The first kappa shape index (κ1) is 28.6. The van der Waals surface area contributed by atoms with Crippen LogP contribution >= 0.6 is 12.1 Å². The number of nitro benzene ring substituents is 1. The van der Waals surface area contributed by atoms with Crippen LogP contribution < -0.4 is 19.9 Å². The van der Waals surface area contributed by atoms with Crippen LogP contribution in [0.2, 0.25) is 0 Å². The molecule has 2 aromatic carbocycles. The molecule has 2 N–H and O–H groups in total. The number of rotatable bonds is 11. The molecule has 1 aliphatic heterocycles. The van der Waals surface area contributed by atoms with E-state index < -0.39 is 5.60 Å². The highest BCUT2D eigenvalue weighted by atomic mass is 32.2. The topological polar surface area (TPSA) is 126 Å². The van der Waals surface area contributed by atoms with Gasteiger partial charge in [-0.3, -0.25) is 14.9 Å². The van der Waals surface area contributed by atoms with Crippen LogP contribution in [0.15, 0.2) is 59.5 Å². The predicted octanol–water partition coefficient (Wildman–Crippen LogP) is 3.46. The van der Waals surface area contributed by atoms with Crippen molar-refractivity contribution in [3.05, 3.63) is 86.3 Å². The number of para-hydroxylation sites is 1. The van der Waals surface area contributed by atoms with Crippen molar-refractivity contribution in [2.24, 2.45) is 0 Å². The molecule has 0 aliphatic carbocycles. The highest BCUT2D eigenvalue weighted by Gasteiger charge is 2.24. The molecule has 12 heteroatoms. The van der Waals surface area contributed by atoms with Crippen molar-refractivity contribution in [2.75, 3.05) is 37.7 Å². The van der Waals surface area contributed by atoms with Gasteiger partial charge in [-0.2, -0.15) is 9.78 Å². The number of piperazine rings is 1. The Kier molecular flexibility index (Phi) is 9.23. The summed E-state index contributed by atoms with van der Waals surface area (Å²) < 4.78 is 12.8. The molecule has 0 spiro atoms. The Morgan fingerprint density at radius 3 is 2.54 bits per heavy atom. The molecule has 1 aliphatic rings. The van der Waals surface area contributed by atoms with Crippen LogP contribution in [-0.4, -0.2) is 62.5 Å². The first-order valence-electron chi connectivity index (χ1n) is 12.8. The minimum atomic E-state index is -0.912. The number of hydrogen-bond acceptors (Lipinski definition) is 10. The molecule has 2 heterocycles. The third-order valence-corrected chi connectivity index (χ3v) is 7.29. The number of hydrogen-bond donors (Lipinski definition) is 2. The Balaban J connectivity index is 1.41. The van der Waals surface area contributed by atoms with Gasteiger partial charge in [0.1, 0.15) is 5.69 Å². The maximum Gasteiger partial charge on any atom is 0.316 e. The van der Waals surface area contributed by atoms with Gasteiger partial charge in [0.2, 0.25) is 5.75 Å². The van der Waals surface area contributed by atoms with E-state index in [4.69, 9.17) is 4.74 Å². The zero-order valence-corrected chi connectivity index (χ0v) is 23.2. The van der Waals surface area contributed by atoms with Crippen LogP contribution in [0.3, 0.4) is 0 Å². The summed E-state index contributed by atoms with van der Waals surface area (Å²) in [6, 6.07) is 14.4. The minimum absolute atomic E-state index is 0.122. The number of aliphatic hydroxyl groups is 1. The van der Waals surface area contributed by atoms with Gasteiger partial charge in [0.05, 0.1) is 29.0 Å². The molecule has 1 aromatic heterocycles. The molecule has 4 rings (SSSR count). The molecule has 0 atom stereocenters. The molecular formula is C27H34N6O5S. The summed E-state index contributed by atoms with van der Waals surface area (Å²) in [6.07, 6.45) is 2.04. The quantitative estimate of drug-likeness (QED) is 0.207. The molecule has 0 bridgehead atoms. The zero-order valence-electron chi connectivity index (χ0n) is 22.4. The highest BCUT2D eigenvalue weighted by Crippen LogP contribution is 2.27. The molecule has 0 unspecified atom stereocenters. The molecule has 0 saturated carbocycles. The lowest BCUT2D eigenvalue weighted by atomic mass is 10.1. The first-order valence-corrected chi connectivity index (χ1v) is 13.6. The van der Waals surface area contributed by atoms with E-state index in [2.05, 4.69) is 19.0 Å². The fraction of sp³-hybridized carbons (Fsp3) is 0.407. The van der Waals surface area contributed by atoms with Gasteiger partial charge in [0.15, 0.2) is 0 Å². The van der Waals surface area contributed by atoms with Crippen molar-refractivity contribution < 1.29 is 14.8 Å². The van der Waals surface area contributed by atoms with E-state index in [9.17, 15) is 20.0 Å². The van der Waals surface area contributed by atoms with Crippen molar-refractivity contribution in [1.82, 2.24) is 18.8 Å². The number of anilines is 1. The largest absolute Gasteiger partial charge is 0.486 e. The summed E-state index contributed by atoms with van der Waals surface area (Å²) in [4.78, 5) is 26.4. The van der Waals surface area contributed by atoms with Gasteiger partial charge in [0, 0.05) is 62.9 Å². The molecule has 208 valence electrons. The van der Waals surface area contributed by atoms with Crippen LogP contribution in [0, 0.1) is 17.0 Å². The monoisotopic (exact) mass is 554 g/mol. The van der Waals surface area contributed by atoms with Crippen LogP contribution in [0.1, 0.15) is 31.4 Å².